The molecule has 0 amide bonds. The second-order valence-corrected chi connectivity index (χ2v) is 15.9. The van der Waals surface area contributed by atoms with Crippen LogP contribution in [0.2, 0.25) is 0 Å². The van der Waals surface area contributed by atoms with Gasteiger partial charge in [0.2, 0.25) is 0 Å². The number of para-hydroxylation sites is 5. The molecule has 63 heavy (non-hydrogen) atoms. The molecule has 0 aliphatic carbocycles. The lowest BCUT2D eigenvalue weighted by Crippen LogP contribution is -2.00. The molecule has 0 saturated heterocycles. The monoisotopic (exact) mass is 806 g/mol. The van der Waals surface area contributed by atoms with E-state index in [-0.39, 0.29) is 0 Å². The van der Waals surface area contributed by atoms with Gasteiger partial charge in [0.15, 0.2) is 17.5 Å². The molecule has 0 aliphatic rings. The molecule has 0 unspecified atom stereocenters. The second-order valence-electron chi connectivity index (χ2n) is 15.9. The second kappa shape index (κ2) is 14.0. The highest BCUT2D eigenvalue weighted by atomic mass is 16.3. The summed E-state index contributed by atoms with van der Waals surface area (Å²) in [5.41, 5.74) is 13.5. The number of hydrogen-bond donors (Lipinski definition) is 0. The van der Waals surface area contributed by atoms with Crippen molar-refractivity contribution in [3.05, 3.63) is 206 Å². The van der Waals surface area contributed by atoms with Gasteiger partial charge in [0.05, 0.1) is 22.3 Å². The third kappa shape index (κ3) is 5.62. The molecule has 13 rings (SSSR count). The molecular weight excluding hydrogens is 773 g/mol. The van der Waals surface area contributed by atoms with Crippen molar-refractivity contribution in [2.45, 2.75) is 0 Å². The van der Waals surface area contributed by atoms with Gasteiger partial charge in [0.25, 0.3) is 0 Å². The van der Waals surface area contributed by atoms with Gasteiger partial charge in [-0.25, -0.2) is 15.0 Å². The standard InChI is InChI=1S/C57H34N4O2/c1-2-14-35(15-3-1)36-28-30-37(31-29-36)55-58-56(60-57(59-55)45-22-12-21-44-42-19-7-11-26-50(42)63-54(44)45)38-32-33-51-46(34-38)53-43(20-13-27-52(53)62-51)41-18-6-10-25-49(41)61-47-23-8-4-16-39(47)40-17-5-9-24-48(40)61/h1-34H. The molecule has 4 aromatic heterocycles. The summed E-state index contributed by atoms with van der Waals surface area (Å²) in [7, 11) is 0. The lowest BCUT2D eigenvalue weighted by Gasteiger charge is -2.15. The van der Waals surface area contributed by atoms with E-state index in [2.05, 4.69) is 156 Å². The minimum atomic E-state index is 0.532. The number of nitrogens with zero attached hydrogens (tertiary/aromatic N) is 4. The van der Waals surface area contributed by atoms with E-state index in [1.54, 1.807) is 0 Å². The van der Waals surface area contributed by atoms with Crippen molar-refractivity contribution in [3.8, 4) is 62.1 Å². The van der Waals surface area contributed by atoms with Gasteiger partial charge in [0, 0.05) is 49.0 Å². The molecule has 0 atom stereocenters. The Hall–Kier alpha value is -8.61. The first-order valence-electron chi connectivity index (χ1n) is 21.1. The first-order chi connectivity index (χ1) is 31.2. The quantitative estimate of drug-likeness (QED) is 0.167. The van der Waals surface area contributed by atoms with Crippen LogP contribution in [0.1, 0.15) is 0 Å². The maximum atomic E-state index is 6.61. The molecule has 0 fully saturated rings. The summed E-state index contributed by atoms with van der Waals surface area (Å²) < 4.78 is 15.5. The smallest absolute Gasteiger partial charge is 0.167 e. The van der Waals surface area contributed by atoms with Crippen LogP contribution in [0.25, 0.3) is 128 Å². The number of hydrogen-bond acceptors (Lipinski definition) is 5. The minimum absolute atomic E-state index is 0.532. The van der Waals surface area contributed by atoms with Crippen molar-refractivity contribution in [1.29, 1.82) is 0 Å². The van der Waals surface area contributed by atoms with Crippen molar-refractivity contribution in [3.63, 3.8) is 0 Å². The number of fused-ring (bicyclic) bond motifs is 9. The van der Waals surface area contributed by atoms with Gasteiger partial charge in [-0.3, -0.25) is 0 Å². The fourth-order valence-corrected chi connectivity index (χ4v) is 9.39. The lowest BCUT2D eigenvalue weighted by molar-refractivity contribution is 0.669. The average molecular weight is 807 g/mol. The van der Waals surface area contributed by atoms with Gasteiger partial charge < -0.3 is 13.4 Å². The van der Waals surface area contributed by atoms with E-state index in [4.69, 9.17) is 23.8 Å². The van der Waals surface area contributed by atoms with Gasteiger partial charge in [-0.05, 0) is 71.3 Å². The number of aromatic nitrogens is 4. The highest BCUT2D eigenvalue weighted by molar-refractivity contribution is 6.15. The van der Waals surface area contributed by atoms with Crippen molar-refractivity contribution < 1.29 is 8.83 Å². The molecule has 6 nitrogen and oxygen atoms in total. The first-order valence-corrected chi connectivity index (χ1v) is 21.1. The van der Waals surface area contributed by atoms with Crippen molar-refractivity contribution in [1.82, 2.24) is 19.5 Å². The molecule has 0 spiro atoms. The molecular formula is C57H34N4O2. The Morgan fingerprint density at radius 2 is 0.857 bits per heavy atom. The zero-order chi connectivity index (χ0) is 41.4. The number of furan rings is 2. The molecule has 0 N–H and O–H groups in total. The average Bonchev–Trinajstić information content (AvgIpc) is 4.04. The van der Waals surface area contributed by atoms with Gasteiger partial charge in [0.1, 0.15) is 22.3 Å². The van der Waals surface area contributed by atoms with Crippen molar-refractivity contribution >= 4 is 65.7 Å². The highest BCUT2D eigenvalue weighted by Crippen LogP contribution is 2.43. The Morgan fingerprint density at radius 3 is 1.67 bits per heavy atom. The summed E-state index contributed by atoms with van der Waals surface area (Å²) in [4.78, 5) is 15.6. The Balaban J connectivity index is 1.01. The Kier molecular flexibility index (Phi) is 7.80. The summed E-state index contributed by atoms with van der Waals surface area (Å²) in [6.07, 6.45) is 0. The summed E-state index contributed by atoms with van der Waals surface area (Å²) in [6.45, 7) is 0. The molecule has 0 bridgehead atoms. The molecule has 6 heteroatoms. The molecule has 9 aromatic carbocycles. The first kappa shape index (κ1) is 35.2. The lowest BCUT2D eigenvalue weighted by atomic mass is 9.97. The van der Waals surface area contributed by atoms with E-state index in [1.165, 1.54) is 10.8 Å². The predicted molar refractivity (Wildman–Crippen MR) is 256 cm³/mol. The minimum Gasteiger partial charge on any atom is -0.456 e. The Labute approximate surface area is 361 Å². The van der Waals surface area contributed by atoms with E-state index in [9.17, 15) is 0 Å². The largest absolute Gasteiger partial charge is 0.456 e. The summed E-state index contributed by atoms with van der Waals surface area (Å²) in [5.74, 6) is 1.65. The maximum absolute atomic E-state index is 6.61. The highest BCUT2D eigenvalue weighted by Gasteiger charge is 2.21. The number of benzene rings is 9. The molecule has 13 aromatic rings. The summed E-state index contributed by atoms with van der Waals surface area (Å²) in [6, 6.07) is 71.5. The van der Waals surface area contributed by atoms with Crippen LogP contribution >= 0.6 is 0 Å². The third-order valence-electron chi connectivity index (χ3n) is 12.3. The van der Waals surface area contributed by atoms with E-state index in [1.807, 2.05) is 54.6 Å². The Bertz CT molecular complexity index is 3860. The van der Waals surface area contributed by atoms with Crippen LogP contribution in [0.4, 0.5) is 0 Å². The fourth-order valence-electron chi connectivity index (χ4n) is 9.39. The van der Waals surface area contributed by atoms with Crippen LogP contribution in [0, 0.1) is 0 Å². The van der Waals surface area contributed by atoms with Crippen molar-refractivity contribution in [2.75, 3.05) is 0 Å². The topological polar surface area (TPSA) is 69.9 Å². The van der Waals surface area contributed by atoms with E-state index in [0.717, 1.165) is 99.5 Å². The van der Waals surface area contributed by atoms with Crippen LogP contribution < -0.4 is 0 Å². The van der Waals surface area contributed by atoms with Gasteiger partial charge in [-0.2, -0.15) is 0 Å². The predicted octanol–water partition coefficient (Wildman–Crippen LogP) is 15.1. The van der Waals surface area contributed by atoms with Crippen LogP contribution in [-0.4, -0.2) is 19.5 Å². The summed E-state index contributed by atoms with van der Waals surface area (Å²) >= 11 is 0. The van der Waals surface area contributed by atoms with Crippen LogP contribution in [0.5, 0.6) is 0 Å². The zero-order valence-electron chi connectivity index (χ0n) is 33.7. The van der Waals surface area contributed by atoms with Crippen LogP contribution in [-0.2, 0) is 0 Å². The molecule has 0 aliphatic heterocycles. The van der Waals surface area contributed by atoms with Crippen LogP contribution in [0.15, 0.2) is 215 Å². The molecule has 0 saturated carbocycles. The van der Waals surface area contributed by atoms with Crippen LogP contribution in [0.3, 0.4) is 0 Å². The summed E-state index contributed by atoms with van der Waals surface area (Å²) in [5, 5.41) is 6.51. The fraction of sp³-hybridized carbons (Fsp3) is 0. The molecule has 4 heterocycles. The van der Waals surface area contributed by atoms with E-state index >= 15 is 0 Å². The third-order valence-corrected chi connectivity index (χ3v) is 12.3. The Morgan fingerprint density at radius 1 is 0.317 bits per heavy atom. The van der Waals surface area contributed by atoms with Crippen molar-refractivity contribution in [2.24, 2.45) is 0 Å². The maximum Gasteiger partial charge on any atom is 0.167 e. The van der Waals surface area contributed by atoms with Gasteiger partial charge in [-0.1, -0.05) is 152 Å². The normalized spacial score (nSPS) is 11.8. The van der Waals surface area contributed by atoms with E-state index < -0.39 is 0 Å². The van der Waals surface area contributed by atoms with Gasteiger partial charge in [-0.15, -0.1) is 0 Å². The van der Waals surface area contributed by atoms with E-state index in [0.29, 0.717) is 17.5 Å². The molecule has 0 radical (unpaired) electrons. The number of rotatable bonds is 6. The molecule has 294 valence electrons. The SMILES string of the molecule is c1ccc(-c2ccc(-c3nc(-c4ccc5oc6cccc(-c7ccccc7-n7c8ccccc8c8ccccc87)c6c5c4)nc(-c4cccc5c4oc4ccccc45)n3)cc2)cc1. The van der Waals surface area contributed by atoms with Gasteiger partial charge >= 0.3 is 0 Å². The zero-order valence-corrected chi connectivity index (χ0v) is 33.7.